The molecule has 0 aliphatic rings. The van der Waals surface area contributed by atoms with Gasteiger partial charge in [-0.25, -0.2) is 4.98 Å². The topological polar surface area (TPSA) is 70.5 Å². The molecule has 196 valence electrons. The minimum Gasteiger partial charge on any atom is -0.328 e. The second kappa shape index (κ2) is 11.9. The molecule has 0 saturated carbocycles. The summed E-state index contributed by atoms with van der Waals surface area (Å²) in [6.45, 7) is 7.04. The van der Waals surface area contributed by atoms with E-state index in [4.69, 9.17) is 4.98 Å². The number of hydrogen-bond acceptors (Lipinski definition) is 4. The molecular weight excluding hydrogens is 474 g/mol. The van der Waals surface area contributed by atoms with E-state index in [-0.39, 0.29) is 18.4 Å². The number of rotatable bonds is 9. The fourth-order valence-electron chi connectivity index (χ4n) is 4.02. The molecule has 0 unspecified atom stereocenters. The standard InChI is InChI=1S/C31H35N5O2/c1-22-6-12-25(13-7-22)28-20-36(27-16-10-24(3)11-17-27)31(32-28)33-29(37)21-35(19-18-34(4)5)30(38)26-14-8-23(2)9-15-26/h6-17,20H,18-19,21H2,1-5H3,(H,32,33,37). The average Bonchev–Trinajstić information content (AvgIpc) is 3.30. The maximum atomic E-state index is 13.3. The van der Waals surface area contributed by atoms with Crippen LogP contribution in [-0.2, 0) is 4.79 Å². The molecule has 0 aliphatic carbocycles. The Morgan fingerprint density at radius 1 is 0.789 bits per heavy atom. The van der Waals surface area contributed by atoms with Crippen LogP contribution in [0.3, 0.4) is 0 Å². The molecule has 1 N–H and O–H groups in total. The zero-order valence-electron chi connectivity index (χ0n) is 22.7. The molecule has 4 rings (SSSR count). The van der Waals surface area contributed by atoms with Gasteiger partial charge in [0.1, 0.15) is 6.54 Å². The number of carbonyl (C=O) groups is 2. The molecule has 3 aromatic carbocycles. The highest BCUT2D eigenvalue weighted by Gasteiger charge is 2.21. The van der Waals surface area contributed by atoms with Gasteiger partial charge in [0, 0.05) is 36.1 Å². The predicted molar refractivity (Wildman–Crippen MR) is 153 cm³/mol. The average molecular weight is 510 g/mol. The maximum Gasteiger partial charge on any atom is 0.254 e. The highest BCUT2D eigenvalue weighted by atomic mass is 16.2. The lowest BCUT2D eigenvalue weighted by atomic mass is 10.1. The van der Waals surface area contributed by atoms with Crippen LogP contribution in [-0.4, -0.2) is 64.9 Å². The lowest BCUT2D eigenvalue weighted by molar-refractivity contribution is -0.117. The van der Waals surface area contributed by atoms with Crippen LogP contribution in [0.25, 0.3) is 16.9 Å². The van der Waals surface area contributed by atoms with E-state index in [1.165, 1.54) is 0 Å². The number of hydrogen-bond donors (Lipinski definition) is 1. The van der Waals surface area contributed by atoms with Crippen molar-refractivity contribution < 1.29 is 9.59 Å². The zero-order valence-corrected chi connectivity index (χ0v) is 22.7. The Kier molecular flexibility index (Phi) is 8.38. The third-order valence-corrected chi connectivity index (χ3v) is 6.35. The SMILES string of the molecule is Cc1ccc(C(=O)N(CCN(C)C)CC(=O)Nc2nc(-c3ccc(C)cc3)cn2-c2ccc(C)cc2)cc1. The Hall–Kier alpha value is -4.23. The van der Waals surface area contributed by atoms with Gasteiger partial charge in [0.2, 0.25) is 11.9 Å². The van der Waals surface area contributed by atoms with Gasteiger partial charge in [0.05, 0.1) is 5.69 Å². The molecule has 0 radical (unpaired) electrons. The van der Waals surface area contributed by atoms with Gasteiger partial charge in [-0.3, -0.25) is 19.5 Å². The Bertz CT molecular complexity index is 1390. The summed E-state index contributed by atoms with van der Waals surface area (Å²) in [7, 11) is 3.89. The number of carbonyl (C=O) groups excluding carboxylic acids is 2. The number of aromatic nitrogens is 2. The smallest absolute Gasteiger partial charge is 0.254 e. The van der Waals surface area contributed by atoms with Crippen LogP contribution in [0.4, 0.5) is 5.95 Å². The number of anilines is 1. The summed E-state index contributed by atoms with van der Waals surface area (Å²) in [5, 5.41) is 2.96. The lowest BCUT2D eigenvalue weighted by Crippen LogP contribution is -2.41. The van der Waals surface area contributed by atoms with E-state index in [2.05, 4.69) is 5.32 Å². The number of nitrogens with one attached hydrogen (secondary N) is 1. The third-order valence-electron chi connectivity index (χ3n) is 6.35. The predicted octanol–water partition coefficient (Wildman–Crippen LogP) is 5.11. The minimum absolute atomic E-state index is 0.0822. The largest absolute Gasteiger partial charge is 0.328 e. The molecule has 0 bridgehead atoms. The van der Waals surface area contributed by atoms with Crippen LogP contribution in [0.5, 0.6) is 0 Å². The van der Waals surface area contributed by atoms with Gasteiger partial charge in [-0.1, -0.05) is 65.2 Å². The van der Waals surface area contributed by atoms with Crippen molar-refractivity contribution in [1.82, 2.24) is 19.4 Å². The van der Waals surface area contributed by atoms with Crippen LogP contribution in [0.1, 0.15) is 27.0 Å². The molecule has 0 atom stereocenters. The Morgan fingerprint density at radius 3 is 1.92 bits per heavy atom. The molecule has 4 aromatic rings. The number of likely N-dealkylation sites (N-methyl/N-ethyl adjacent to an activating group) is 1. The highest BCUT2D eigenvalue weighted by molar-refractivity contribution is 5.99. The summed E-state index contributed by atoms with van der Waals surface area (Å²) < 4.78 is 1.87. The van der Waals surface area contributed by atoms with E-state index in [0.29, 0.717) is 24.6 Å². The van der Waals surface area contributed by atoms with Crippen molar-refractivity contribution in [1.29, 1.82) is 0 Å². The van der Waals surface area contributed by atoms with Gasteiger partial charge in [-0.05, 0) is 59.1 Å². The minimum atomic E-state index is -0.307. The van der Waals surface area contributed by atoms with E-state index in [0.717, 1.165) is 33.6 Å². The number of nitrogens with zero attached hydrogens (tertiary/aromatic N) is 4. The van der Waals surface area contributed by atoms with Gasteiger partial charge in [0.25, 0.3) is 5.91 Å². The molecule has 2 amide bonds. The maximum absolute atomic E-state index is 13.3. The molecule has 7 heteroatoms. The number of imidazole rings is 1. The van der Waals surface area contributed by atoms with Gasteiger partial charge >= 0.3 is 0 Å². The van der Waals surface area contributed by atoms with Crippen molar-refractivity contribution in [2.75, 3.05) is 39.0 Å². The quantitative estimate of drug-likeness (QED) is 0.341. The van der Waals surface area contributed by atoms with E-state index in [1.54, 1.807) is 17.0 Å². The second-order valence-corrected chi connectivity index (χ2v) is 9.97. The first-order valence-electron chi connectivity index (χ1n) is 12.7. The molecule has 0 spiro atoms. The van der Waals surface area contributed by atoms with Crippen molar-refractivity contribution in [3.63, 3.8) is 0 Å². The Morgan fingerprint density at radius 2 is 1.34 bits per heavy atom. The van der Waals surface area contributed by atoms with Gasteiger partial charge in [-0.2, -0.15) is 0 Å². The normalized spacial score (nSPS) is 11.0. The number of amides is 2. The Labute approximate surface area is 224 Å². The van der Waals surface area contributed by atoms with Crippen LogP contribution < -0.4 is 5.32 Å². The molecule has 1 aromatic heterocycles. The number of benzene rings is 3. The summed E-state index contributed by atoms with van der Waals surface area (Å²) in [5.74, 6) is -0.0763. The summed E-state index contributed by atoms with van der Waals surface area (Å²) in [4.78, 5) is 35.0. The molecule has 0 fully saturated rings. The van der Waals surface area contributed by atoms with Crippen molar-refractivity contribution in [2.45, 2.75) is 20.8 Å². The highest BCUT2D eigenvalue weighted by Crippen LogP contribution is 2.25. The van der Waals surface area contributed by atoms with Gasteiger partial charge < -0.3 is 9.80 Å². The van der Waals surface area contributed by atoms with Crippen LogP contribution in [0, 0.1) is 20.8 Å². The van der Waals surface area contributed by atoms with E-state index < -0.39 is 0 Å². The molecule has 1 heterocycles. The first-order valence-corrected chi connectivity index (χ1v) is 12.7. The summed E-state index contributed by atoms with van der Waals surface area (Å²) in [6.07, 6.45) is 1.92. The first-order chi connectivity index (χ1) is 18.2. The summed E-state index contributed by atoms with van der Waals surface area (Å²) in [6, 6.07) is 23.6. The monoisotopic (exact) mass is 509 g/mol. The fourth-order valence-corrected chi connectivity index (χ4v) is 4.02. The van der Waals surface area contributed by atoms with Crippen LogP contribution >= 0.6 is 0 Å². The van der Waals surface area contributed by atoms with Crippen molar-refractivity contribution in [2.24, 2.45) is 0 Å². The molecule has 38 heavy (non-hydrogen) atoms. The zero-order chi connectivity index (χ0) is 27.2. The van der Waals surface area contributed by atoms with Crippen molar-refractivity contribution >= 4 is 17.8 Å². The molecule has 7 nitrogen and oxygen atoms in total. The van der Waals surface area contributed by atoms with Gasteiger partial charge in [0.15, 0.2) is 0 Å². The van der Waals surface area contributed by atoms with E-state index in [1.807, 2.05) is 111 Å². The molecule has 0 saturated heterocycles. The third kappa shape index (κ3) is 6.75. The van der Waals surface area contributed by atoms with Crippen molar-refractivity contribution in [3.8, 4) is 16.9 Å². The summed E-state index contributed by atoms with van der Waals surface area (Å²) >= 11 is 0. The van der Waals surface area contributed by atoms with E-state index in [9.17, 15) is 9.59 Å². The Balaban J connectivity index is 1.60. The summed E-state index contributed by atoms with van der Waals surface area (Å²) in [5.41, 5.74) is 6.54. The first kappa shape index (κ1) is 26.8. The van der Waals surface area contributed by atoms with Crippen LogP contribution in [0.15, 0.2) is 79.0 Å². The molecule has 0 aliphatic heterocycles. The fraction of sp³-hybridized carbons (Fsp3) is 0.258. The number of aryl methyl sites for hydroxylation is 3. The van der Waals surface area contributed by atoms with Gasteiger partial charge in [-0.15, -0.1) is 0 Å². The van der Waals surface area contributed by atoms with Crippen molar-refractivity contribution in [3.05, 3.63) is 101 Å². The lowest BCUT2D eigenvalue weighted by Gasteiger charge is -2.24. The van der Waals surface area contributed by atoms with Crippen LogP contribution in [0.2, 0.25) is 0 Å². The second-order valence-electron chi connectivity index (χ2n) is 9.97. The van der Waals surface area contributed by atoms with E-state index >= 15 is 0 Å². The molecular formula is C31H35N5O2.